The summed E-state index contributed by atoms with van der Waals surface area (Å²) in [5.74, 6) is 0.771. The predicted octanol–water partition coefficient (Wildman–Crippen LogP) is 3.50. The molecule has 0 bridgehead atoms. The smallest absolute Gasteiger partial charge is 0.256 e. The molecule has 0 spiro atoms. The van der Waals surface area contributed by atoms with E-state index in [0.717, 1.165) is 44.2 Å². The molecule has 1 aliphatic heterocycles. The van der Waals surface area contributed by atoms with E-state index in [1.807, 2.05) is 6.07 Å². The molecule has 29 heavy (non-hydrogen) atoms. The van der Waals surface area contributed by atoms with Crippen LogP contribution < -0.4 is 5.32 Å². The second-order valence-corrected chi connectivity index (χ2v) is 9.94. The minimum atomic E-state index is -3.59. The highest BCUT2D eigenvalue weighted by molar-refractivity contribution is 7.89. The number of rotatable bonds is 5. The lowest BCUT2D eigenvalue weighted by atomic mass is 9.83. The summed E-state index contributed by atoms with van der Waals surface area (Å²) in [5.41, 5.74) is 1.33. The van der Waals surface area contributed by atoms with Gasteiger partial charge in [0.05, 0.1) is 10.6 Å². The van der Waals surface area contributed by atoms with Gasteiger partial charge in [0.15, 0.2) is 0 Å². The van der Waals surface area contributed by atoms with Crippen LogP contribution in [0.3, 0.4) is 0 Å². The molecule has 7 nitrogen and oxygen atoms in total. The van der Waals surface area contributed by atoms with Gasteiger partial charge < -0.3 is 5.32 Å². The van der Waals surface area contributed by atoms with Gasteiger partial charge in [-0.05, 0) is 43.9 Å². The number of amides is 1. The number of benzene rings is 1. The van der Waals surface area contributed by atoms with Crippen LogP contribution in [0.4, 0.5) is 5.82 Å². The molecule has 156 valence electrons. The highest BCUT2D eigenvalue weighted by atomic mass is 32.2. The standard InChI is InChI=1S/C21H28N4O3S/c1-24-20(15-19(23-24)16-8-6-9-16)22-21(26)17-10-7-11-18(14-17)29(27,28)25-12-4-2-3-5-13-25/h7,10-11,14-16H,2-6,8-9,12-13H2,1H3,(H,22,26). The third-order valence-electron chi connectivity index (χ3n) is 5.96. The number of aromatic nitrogens is 2. The molecule has 1 amide bonds. The van der Waals surface area contributed by atoms with Crippen LogP contribution >= 0.6 is 0 Å². The van der Waals surface area contributed by atoms with Crippen LogP contribution in [-0.2, 0) is 17.1 Å². The van der Waals surface area contributed by atoms with E-state index in [0.29, 0.717) is 30.4 Å². The molecule has 1 aliphatic carbocycles. The Kier molecular flexibility index (Phi) is 5.74. The maximum atomic E-state index is 13.0. The maximum Gasteiger partial charge on any atom is 0.256 e. The molecule has 0 unspecified atom stereocenters. The lowest BCUT2D eigenvalue weighted by Crippen LogP contribution is -2.32. The van der Waals surface area contributed by atoms with E-state index in [-0.39, 0.29) is 10.8 Å². The Hall–Kier alpha value is -2.19. The van der Waals surface area contributed by atoms with Crippen molar-refractivity contribution in [2.45, 2.75) is 55.8 Å². The van der Waals surface area contributed by atoms with Crippen molar-refractivity contribution in [3.8, 4) is 0 Å². The van der Waals surface area contributed by atoms with Gasteiger partial charge in [-0.2, -0.15) is 9.40 Å². The molecule has 0 radical (unpaired) electrons. The number of hydrogen-bond donors (Lipinski definition) is 1. The molecule has 1 saturated heterocycles. The summed E-state index contributed by atoms with van der Waals surface area (Å²) in [6.07, 6.45) is 7.37. The SMILES string of the molecule is Cn1nc(C2CCC2)cc1NC(=O)c1cccc(S(=O)(=O)N2CCCCCC2)c1. The molecule has 1 aromatic heterocycles. The van der Waals surface area contributed by atoms with Crippen LogP contribution in [0.5, 0.6) is 0 Å². The van der Waals surface area contributed by atoms with Crippen molar-refractivity contribution in [1.82, 2.24) is 14.1 Å². The zero-order valence-corrected chi connectivity index (χ0v) is 17.6. The van der Waals surface area contributed by atoms with E-state index in [2.05, 4.69) is 10.4 Å². The lowest BCUT2D eigenvalue weighted by Gasteiger charge is -2.22. The second-order valence-electron chi connectivity index (χ2n) is 8.01. The quantitative estimate of drug-likeness (QED) is 0.808. The molecule has 4 rings (SSSR count). The summed E-state index contributed by atoms with van der Waals surface area (Å²) >= 11 is 0. The Morgan fingerprint density at radius 3 is 2.45 bits per heavy atom. The zero-order valence-electron chi connectivity index (χ0n) is 16.8. The molecular formula is C21H28N4O3S. The number of nitrogens with one attached hydrogen (secondary N) is 1. The number of carbonyl (C=O) groups is 1. The summed E-state index contributed by atoms with van der Waals surface area (Å²) in [4.78, 5) is 13.0. The molecule has 2 aliphatic rings. The summed E-state index contributed by atoms with van der Waals surface area (Å²) in [7, 11) is -1.79. The minimum Gasteiger partial charge on any atom is -0.307 e. The van der Waals surface area contributed by atoms with Crippen molar-refractivity contribution in [3.05, 3.63) is 41.6 Å². The van der Waals surface area contributed by atoms with Gasteiger partial charge in [0.25, 0.3) is 5.91 Å². The van der Waals surface area contributed by atoms with Crippen LogP contribution in [0.15, 0.2) is 35.2 Å². The van der Waals surface area contributed by atoms with Crippen molar-refractivity contribution in [1.29, 1.82) is 0 Å². The largest absolute Gasteiger partial charge is 0.307 e. The van der Waals surface area contributed by atoms with Crippen LogP contribution in [0.1, 0.15) is 66.9 Å². The highest BCUT2D eigenvalue weighted by Crippen LogP contribution is 2.36. The van der Waals surface area contributed by atoms with E-state index in [9.17, 15) is 13.2 Å². The first kappa shape index (κ1) is 20.1. The van der Waals surface area contributed by atoms with Crippen molar-refractivity contribution in [2.24, 2.45) is 7.05 Å². The number of anilines is 1. The van der Waals surface area contributed by atoms with Crippen molar-refractivity contribution < 1.29 is 13.2 Å². The molecule has 0 atom stereocenters. The third kappa shape index (κ3) is 4.23. The second kappa shape index (κ2) is 8.28. The normalized spacial score (nSPS) is 18.8. The van der Waals surface area contributed by atoms with Gasteiger partial charge in [0, 0.05) is 37.7 Å². The van der Waals surface area contributed by atoms with E-state index >= 15 is 0 Å². The number of sulfonamides is 1. The van der Waals surface area contributed by atoms with E-state index in [1.54, 1.807) is 34.2 Å². The molecule has 1 aromatic carbocycles. The van der Waals surface area contributed by atoms with Crippen molar-refractivity contribution in [3.63, 3.8) is 0 Å². The van der Waals surface area contributed by atoms with E-state index < -0.39 is 10.0 Å². The van der Waals surface area contributed by atoms with E-state index in [1.165, 1.54) is 12.5 Å². The molecule has 2 heterocycles. The van der Waals surface area contributed by atoms with Crippen LogP contribution in [0.2, 0.25) is 0 Å². The summed E-state index contributed by atoms with van der Waals surface area (Å²) in [6, 6.07) is 8.22. The van der Waals surface area contributed by atoms with Crippen LogP contribution in [0.25, 0.3) is 0 Å². The van der Waals surface area contributed by atoms with Gasteiger partial charge in [0.2, 0.25) is 10.0 Å². The minimum absolute atomic E-state index is 0.173. The Morgan fingerprint density at radius 1 is 1.07 bits per heavy atom. The Morgan fingerprint density at radius 2 is 1.79 bits per heavy atom. The fourth-order valence-electron chi connectivity index (χ4n) is 3.93. The number of aryl methyl sites for hydroxylation is 1. The van der Waals surface area contributed by atoms with Gasteiger partial charge in [-0.3, -0.25) is 9.48 Å². The molecular weight excluding hydrogens is 388 g/mol. The first-order valence-corrected chi connectivity index (χ1v) is 11.8. The Labute approximate surface area is 172 Å². The lowest BCUT2D eigenvalue weighted by molar-refractivity contribution is 0.102. The third-order valence-corrected chi connectivity index (χ3v) is 7.86. The predicted molar refractivity (Wildman–Crippen MR) is 111 cm³/mol. The number of nitrogens with zero attached hydrogens (tertiary/aromatic N) is 3. The fraction of sp³-hybridized carbons (Fsp3) is 0.524. The summed E-state index contributed by atoms with van der Waals surface area (Å²) in [6.45, 7) is 1.08. The van der Waals surface area contributed by atoms with Gasteiger partial charge in [-0.15, -0.1) is 0 Å². The Balaban J connectivity index is 1.52. The molecule has 8 heteroatoms. The van der Waals surface area contributed by atoms with Gasteiger partial charge in [0.1, 0.15) is 5.82 Å². The van der Waals surface area contributed by atoms with Gasteiger partial charge in [-0.25, -0.2) is 8.42 Å². The van der Waals surface area contributed by atoms with Crippen LogP contribution in [-0.4, -0.2) is 41.5 Å². The molecule has 1 saturated carbocycles. The number of hydrogen-bond acceptors (Lipinski definition) is 4. The first-order chi connectivity index (χ1) is 13.9. The maximum absolute atomic E-state index is 13.0. The van der Waals surface area contributed by atoms with Gasteiger partial charge >= 0.3 is 0 Å². The average molecular weight is 417 g/mol. The Bertz CT molecular complexity index is 987. The first-order valence-electron chi connectivity index (χ1n) is 10.4. The van der Waals surface area contributed by atoms with Crippen molar-refractivity contribution >= 4 is 21.7 Å². The van der Waals surface area contributed by atoms with Crippen molar-refractivity contribution in [2.75, 3.05) is 18.4 Å². The summed E-state index contributed by atoms with van der Waals surface area (Å²) < 4.78 is 29.3. The summed E-state index contributed by atoms with van der Waals surface area (Å²) in [5, 5.41) is 7.38. The molecule has 2 fully saturated rings. The molecule has 2 aromatic rings. The zero-order chi connectivity index (χ0) is 20.4. The molecule has 1 N–H and O–H groups in total. The topological polar surface area (TPSA) is 84.3 Å². The van der Waals surface area contributed by atoms with E-state index in [4.69, 9.17) is 0 Å². The van der Waals surface area contributed by atoms with Crippen LogP contribution in [0, 0.1) is 0 Å². The monoisotopic (exact) mass is 416 g/mol. The fourth-order valence-corrected chi connectivity index (χ4v) is 5.49. The highest BCUT2D eigenvalue weighted by Gasteiger charge is 2.26. The van der Waals surface area contributed by atoms with Gasteiger partial charge in [-0.1, -0.05) is 25.3 Å². The number of carbonyl (C=O) groups excluding carboxylic acids is 1. The average Bonchev–Trinajstić information content (AvgIpc) is 2.87.